The van der Waals surface area contributed by atoms with Crippen molar-refractivity contribution in [3.05, 3.63) is 18.2 Å². The van der Waals surface area contributed by atoms with Gasteiger partial charge in [-0.25, -0.2) is 4.98 Å². The van der Waals surface area contributed by atoms with Gasteiger partial charge in [0.05, 0.1) is 17.4 Å². The van der Waals surface area contributed by atoms with Crippen LogP contribution in [0.5, 0.6) is 0 Å². The second kappa shape index (κ2) is 3.57. The van der Waals surface area contributed by atoms with Crippen molar-refractivity contribution in [2.75, 3.05) is 13.1 Å². The Morgan fingerprint density at radius 2 is 1.89 bits per heavy atom. The van der Waals surface area contributed by atoms with Crippen molar-refractivity contribution in [2.24, 2.45) is 17.9 Å². The van der Waals surface area contributed by atoms with Gasteiger partial charge in [0.2, 0.25) is 0 Å². The minimum absolute atomic E-state index is 0.238. The second-order valence-electron chi connectivity index (χ2n) is 5.55. The van der Waals surface area contributed by atoms with E-state index < -0.39 is 22.8 Å². The number of carboxylic acids is 2. The molecule has 0 spiro atoms. The molecule has 2 fully saturated rings. The van der Waals surface area contributed by atoms with Gasteiger partial charge in [-0.3, -0.25) is 14.5 Å². The SMILES string of the molecule is Cn1ccnc1CN1C[C@@]2(C(=O)O)C[C@@]2(C(=O)O)C1. The van der Waals surface area contributed by atoms with Crippen LogP contribution in [-0.4, -0.2) is 49.7 Å². The highest BCUT2D eigenvalue weighted by Crippen LogP contribution is 2.68. The molecular formula is C12H15N3O4. The molecule has 19 heavy (non-hydrogen) atoms. The van der Waals surface area contributed by atoms with E-state index in [1.54, 1.807) is 6.20 Å². The summed E-state index contributed by atoms with van der Waals surface area (Å²) in [5.41, 5.74) is -2.21. The van der Waals surface area contributed by atoms with E-state index >= 15 is 0 Å². The number of imidazole rings is 1. The molecule has 3 rings (SSSR count). The molecule has 7 heteroatoms. The molecule has 2 atom stereocenters. The summed E-state index contributed by atoms with van der Waals surface area (Å²) in [6, 6.07) is 0. The van der Waals surface area contributed by atoms with Crippen LogP contribution in [0.1, 0.15) is 12.2 Å². The molecule has 0 aromatic carbocycles. The summed E-state index contributed by atoms with van der Waals surface area (Å²) in [4.78, 5) is 28.8. The van der Waals surface area contributed by atoms with Crippen molar-refractivity contribution in [1.29, 1.82) is 0 Å². The quantitative estimate of drug-likeness (QED) is 0.781. The van der Waals surface area contributed by atoms with E-state index in [9.17, 15) is 19.8 Å². The first-order chi connectivity index (χ1) is 8.91. The molecule has 2 heterocycles. The molecular weight excluding hydrogens is 250 g/mol. The number of likely N-dealkylation sites (tertiary alicyclic amines) is 1. The summed E-state index contributed by atoms with van der Waals surface area (Å²) in [6.07, 6.45) is 3.72. The Balaban J connectivity index is 1.81. The van der Waals surface area contributed by atoms with Crippen molar-refractivity contribution in [3.8, 4) is 0 Å². The van der Waals surface area contributed by atoms with Crippen LogP contribution >= 0.6 is 0 Å². The summed E-state index contributed by atoms with van der Waals surface area (Å²) in [5, 5.41) is 18.6. The zero-order valence-electron chi connectivity index (χ0n) is 10.5. The van der Waals surface area contributed by atoms with E-state index in [0.29, 0.717) is 6.54 Å². The van der Waals surface area contributed by atoms with Crippen LogP contribution in [0, 0.1) is 10.8 Å². The van der Waals surface area contributed by atoms with Crippen LogP contribution in [0.2, 0.25) is 0 Å². The highest BCUT2D eigenvalue weighted by molar-refractivity contribution is 5.94. The largest absolute Gasteiger partial charge is 0.481 e. The average Bonchev–Trinajstić information content (AvgIpc) is 2.63. The first-order valence-corrected chi connectivity index (χ1v) is 6.07. The lowest BCUT2D eigenvalue weighted by Crippen LogP contribution is -2.29. The summed E-state index contributed by atoms with van der Waals surface area (Å²) in [5.74, 6) is -1.20. The minimum Gasteiger partial charge on any atom is -0.481 e. The maximum Gasteiger partial charge on any atom is 0.312 e. The first-order valence-electron chi connectivity index (χ1n) is 6.07. The van der Waals surface area contributed by atoms with Gasteiger partial charge in [0.15, 0.2) is 0 Å². The predicted octanol–water partition coefficient (Wildman–Crippen LogP) is -0.219. The van der Waals surface area contributed by atoms with Crippen LogP contribution in [-0.2, 0) is 23.2 Å². The molecule has 0 amide bonds. The maximum atomic E-state index is 11.4. The van der Waals surface area contributed by atoms with Crippen LogP contribution in [0.4, 0.5) is 0 Å². The number of fused-ring (bicyclic) bond motifs is 1. The third-order valence-electron chi connectivity index (χ3n) is 4.49. The Morgan fingerprint density at radius 1 is 1.32 bits per heavy atom. The van der Waals surface area contributed by atoms with Gasteiger partial charge in [0, 0.05) is 32.5 Å². The summed E-state index contributed by atoms with van der Waals surface area (Å²) in [7, 11) is 1.86. The van der Waals surface area contributed by atoms with Crippen molar-refractivity contribution in [1.82, 2.24) is 14.5 Å². The number of aromatic nitrogens is 2. The normalized spacial score (nSPS) is 33.1. The fraction of sp³-hybridized carbons (Fsp3) is 0.583. The number of hydrogen-bond donors (Lipinski definition) is 2. The van der Waals surface area contributed by atoms with Crippen LogP contribution in [0.3, 0.4) is 0 Å². The minimum atomic E-state index is -1.11. The lowest BCUT2D eigenvalue weighted by atomic mass is 9.97. The number of hydrogen-bond acceptors (Lipinski definition) is 4. The smallest absolute Gasteiger partial charge is 0.312 e. The fourth-order valence-electron chi connectivity index (χ4n) is 3.26. The lowest BCUT2D eigenvalue weighted by Gasteiger charge is -2.18. The molecule has 1 aliphatic heterocycles. The molecule has 1 aliphatic carbocycles. The summed E-state index contributed by atoms with van der Waals surface area (Å²) < 4.78 is 1.85. The molecule has 1 saturated carbocycles. The second-order valence-corrected chi connectivity index (χ2v) is 5.55. The summed E-state index contributed by atoms with van der Waals surface area (Å²) in [6.45, 7) is 1.04. The topological polar surface area (TPSA) is 95.7 Å². The molecule has 1 aromatic heterocycles. The standard InChI is InChI=1S/C12H15N3O4/c1-14-3-2-13-8(14)4-15-6-11(9(16)17)5-12(11,7-15)10(18)19/h2-3H,4-7H2,1H3,(H,16,17)(H,18,19)/t11-,12+. The molecule has 102 valence electrons. The Labute approximate surface area is 109 Å². The number of piperidine rings is 1. The fourth-order valence-corrected chi connectivity index (χ4v) is 3.26. The van der Waals surface area contributed by atoms with Gasteiger partial charge in [0.25, 0.3) is 0 Å². The van der Waals surface area contributed by atoms with E-state index in [1.807, 2.05) is 22.7 Å². The van der Waals surface area contributed by atoms with Crippen molar-refractivity contribution in [3.63, 3.8) is 0 Å². The molecule has 0 radical (unpaired) electrons. The third-order valence-corrected chi connectivity index (χ3v) is 4.49. The van der Waals surface area contributed by atoms with Gasteiger partial charge in [-0.2, -0.15) is 0 Å². The van der Waals surface area contributed by atoms with Crippen molar-refractivity contribution < 1.29 is 19.8 Å². The highest BCUT2D eigenvalue weighted by Gasteiger charge is 2.80. The van der Waals surface area contributed by atoms with Gasteiger partial charge in [-0.1, -0.05) is 0 Å². The Hall–Kier alpha value is -1.89. The molecule has 1 saturated heterocycles. The number of aliphatic carboxylic acids is 2. The number of nitrogens with zero attached hydrogens (tertiary/aromatic N) is 3. The van der Waals surface area contributed by atoms with Gasteiger partial charge < -0.3 is 14.8 Å². The monoisotopic (exact) mass is 265 g/mol. The first kappa shape index (κ1) is 12.2. The van der Waals surface area contributed by atoms with E-state index in [1.165, 1.54) is 0 Å². The predicted molar refractivity (Wildman–Crippen MR) is 63.2 cm³/mol. The zero-order chi connectivity index (χ0) is 13.8. The Bertz CT molecular complexity index is 541. The van der Waals surface area contributed by atoms with Crippen molar-refractivity contribution in [2.45, 2.75) is 13.0 Å². The average molecular weight is 265 g/mol. The maximum absolute atomic E-state index is 11.4. The number of carbonyl (C=O) groups is 2. The number of rotatable bonds is 4. The molecule has 0 bridgehead atoms. The molecule has 2 aliphatic rings. The Morgan fingerprint density at radius 3 is 2.32 bits per heavy atom. The van der Waals surface area contributed by atoms with E-state index in [2.05, 4.69) is 4.98 Å². The van der Waals surface area contributed by atoms with Gasteiger partial charge in [0.1, 0.15) is 5.82 Å². The van der Waals surface area contributed by atoms with Gasteiger partial charge in [-0.15, -0.1) is 0 Å². The number of carboxylic acid groups (broad SMARTS) is 2. The van der Waals surface area contributed by atoms with E-state index in [0.717, 1.165) is 5.82 Å². The van der Waals surface area contributed by atoms with Crippen molar-refractivity contribution >= 4 is 11.9 Å². The highest BCUT2D eigenvalue weighted by atomic mass is 16.4. The Kier molecular flexibility index (Phi) is 2.28. The number of aryl methyl sites for hydroxylation is 1. The summed E-state index contributed by atoms with van der Waals surface area (Å²) >= 11 is 0. The van der Waals surface area contributed by atoms with Crippen LogP contribution < -0.4 is 0 Å². The van der Waals surface area contributed by atoms with Crippen LogP contribution in [0.15, 0.2) is 12.4 Å². The van der Waals surface area contributed by atoms with Crippen LogP contribution in [0.25, 0.3) is 0 Å². The third kappa shape index (κ3) is 1.45. The lowest BCUT2D eigenvalue weighted by molar-refractivity contribution is -0.151. The molecule has 2 N–H and O–H groups in total. The zero-order valence-corrected chi connectivity index (χ0v) is 10.5. The molecule has 0 unspecified atom stereocenters. The molecule has 1 aromatic rings. The van der Waals surface area contributed by atoms with Gasteiger partial charge >= 0.3 is 11.9 Å². The van der Waals surface area contributed by atoms with E-state index in [4.69, 9.17) is 0 Å². The molecule has 7 nitrogen and oxygen atoms in total. The van der Waals surface area contributed by atoms with Gasteiger partial charge in [-0.05, 0) is 6.42 Å². The van der Waals surface area contributed by atoms with E-state index in [-0.39, 0.29) is 19.5 Å².